The fourth-order valence-corrected chi connectivity index (χ4v) is 1.97. The fraction of sp³-hybridized carbons (Fsp3) is 0. The summed E-state index contributed by atoms with van der Waals surface area (Å²) in [5.74, 6) is -0.506. The maximum absolute atomic E-state index is 13.1. The zero-order chi connectivity index (χ0) is 13.4. The summed E-state index contributed by atoms with van der Waals surface area (Å²) in [6, 6.07) is 13.1. The summed E-state index contributed by atoms with van der Waals surface area (Å²) >= 11 is 0. The molecule has 19 heavy (non-hydrogen) atoms. The van der Waals surface area contributed by atoms with Crippen LogP contribution in [-0.4, -0.2) is 0 Å². The van der Waals surface area contributed by atoms with E-state index >= 15 is 0 Å². The molecule has 1 heterocycles. The van der Waals surface area contributed by atoms with Gasteiger partial charge in [-0.3, -0.25) is 0 Å². The molecule has 3 nitrogen and oxygen atoms in total. The normalized spacial score (nSPS) is 10.8. The number of fused-ring (bicyclic) bond motifs is 1. The second kappa shape index (κ2) is 4.24. The van der Waals surface area contributed by atoms with Crippen molar-refractivity contribution in [3.63, 3.8) is 0 Å². The molecule has 3 rings (SSSR count). The van der Waals surface area contributed by atoms with Crippen LogP contribution in [0, 0.1) is 5.82 Å². The van der Waals surface area contributed by atoms with Crippen LogP contribution in [0.4, 0.5) is 10.1 Å². The van der Waals surface area contributed by atoms with Crippen molar-refractivity contribution in [1.29, 1.82) is 0 Å². The molecular weight excluding hydrogens is 245 g/mol. The molecule has 2 N–H and O–H groups in total. The Bertz CT molecular complexity index is 824. The highest BCUT2D eigenvalue weighted by atomic mass is 19.1. The number of benzene rings is 2. The molecule has 0 fully saturated rings. The molecule has 1 aromatic heterocycles. The van der Waals surface area contributed by atoms with Crippen LogP contribution in [-0.2, 0) is 0 Å². The van der Waals surface area contributed by atoms with Crippen LogP contribution in [0.15, 0.2) is 57.7 Å². The SMILES string of the molecule is Nc1cc(-c2cc3ccccc3oc2=O)ccc1F. The van der Waals surface area contributed by atoms with Crippen molar-refractivity contribution in [2.75, 3.05) is 5.73 Å². The van der Waals surface area contributed by atoms with Gasteiger partial charge in [-0.1, -0.05) is 24.3 Å². The lowest BCUT2D eigenvalue weighted by Crippen LogP contribution is -2.03. The molecule has 3 aromatic rings. The van der Waals surface area contributed by atoms with Crippen molar-refractivity contribution in [3.05, 3.63) is 64.8 Å². The molecule has 0 saturated heterocycles. The number of rotatable bonds is 1. The molecule has 94 valence electrons. The summed E-state index contributed by atoms with van der Waals surface area (Å²) in [4.78, 5) is 11.9. The van der Waals surface area contributed by atoms with Gasteiger partial charge in [0.25, 0.3) is 0 Å². The lowest BCUT2D eigenvalue weighted by molar-refractivity contribution is 0.563. The number of halogens is 1. The molecule has 0 unspecified atom stereocenters. The third kappa shape index (κ3) is 1.97. The molecular formula is C15H10FNO2. The maximum atomic E-state index is 13.1. The van der Waals surface area contributed by atoms with E-state index in [4.69, 9.17) is 10.2 Å². The highest BCUT2D eigenvalue weighted by molar-refractivity contribution is 5.82. The van der Waals surface area contributed by atoms with Crippen molar-refractivity contribution in [1.82, 2.24) is 0 Å². The van der Waals surface area contributed by atoms with E-state index in [1.54, 1.807) is 18.2 Å². The second-order valence-corrected chi connectivity index (χ2v) is 4.22. The van der Waals surface area contributed by atoms with E-state index in [1.165, 1.54) is 18.2 Å². The van der Waals surface area contributed by atoms with Crippen molar-refractivity contribution in [3.8, 4) is 11.1 Å². The summed E-state index contributed by atoms with van der Waals surface area (Å²) < 4.78 is 18.4. The predicted molar refractivity (Wildman–Crippen MR) is 72.3 cm³/mol. The van der Waals surface area contributed by atoms with Crippen LogP contribution in [0.2, 0.25) is 0 Å². The minimum absolute atomic E-state index is 0.00468. The minimum atomic E-state index is -0.506. The molecule has 4 heteroatoms. The van der Waals surface area contributed by atoms with E-state index in [-0.39, 0.29) is 5.69 Å². The molecule has 0 atom stereocenters. The van der Waals surface area contributed by atoms with Crippen LogP contribution in [0.1, 0.15) is 0 Å². The number of nitrogens with two attached hydrogens (primary N) is 1. The number of anilines is 1. The summed E-state index contributed by atoms with van der Waals surface area (Å²) in [5.41, 5.74) is 6.48. The van der Waals surface area contributed by atoms with Crippen molar-refractivity contribution in [2.24, 2.45) is 0 Å². The van der Waals surface area contributed by atoms with Crippen molar-refractivity contribution >= 4 is 16.7 Å². The minimum Gasteiger partial charge on any atom is -0.422 e. The van der Waals surface area contributed by atoms with Gasteiger partial charge >= 0.3 is 5.63 Å². The highest BCUT2D eigenvalue weighted by Gasteiger charge is 2.09. The van der Waals surface area contributed by atoms with E-state index in [1.807, 2.05) is 12.1 Å². The molecule has 0 radical (unpaired) electrons. The molecule has 0 spiro atoms. The maximum Gasteiger partial charge on any atom is 0.344 e. The second-order valence-electron chi connectivity index (χ2n) is 4.22. The first-order chi connectivity index (χ1) is 9.15. The largest absolute Gasteiger partial charge is 0.422 e. The number of nitrogen functional groups attached to an aromatic ring is 1. The van der Waals surface area contributed by atoms with Crippen LogP contribution < -0.4 is 11.4 Å². The molecule has 0 aliphatic carbocycles. The third-order valence-electron chi connectivity index (χ3n) is 2.95. The fourth-order valence-electron chi connectivity index (χ4n) is 1.97. The highest BCUT2D eigenvalue weighted by Crippen LogP contribution is 2.23. The zero-order valence-corrected chi connectivity index (χ0v) is 9.89. The smallest absolute Gasteiger partial charge is 0.344 e. The number of para-hydroxylation sites is 1. The van der Waals surface area contributed by atoms with Gasteiger partial charge in [0.15, 0.2) is 0 Å². The average Bonchev–Trinajstić information content (AvgIpc) is 2.41. The predicted octanol–water partition coefficient (Wildman–Crippen LogP) is 3.18. The van der Waals surface area contributed by atoms with E-state index in [2.05, 4.69) is 0 Å². The van der Waals surface area contributed by atoms with Gasteiger partial charge in [0.05, 0.1) is 11.3 Å². The standard InChI is InChI=1S/C15H10FNO2/c16-12-6-5-9(8-13(12)17)11-7-10-3-1-2-4-14(10)19-15(11)18/h1-8H,17H2. The monoisotopic (exact) mass is 255 g/mol. The summed E-state index contributed by atoms with van der Waals surface area (Å²) in [6.45, 7) is 0. The van der Waals surface area contributed by atoms with Gasteiger partial charge in [-0.2, -0.15) is 0 Å². The zero-order valence-electron chi connectivity index (χ0n) is 9.89. The quantitative estimate of drug-likeness (QED) is 0.536. The van der Waals surface area contributed by atoms with Crippen LogP contribution in [0.5, 0.6) is 0 Å². The molecule has 0 aliphatic heterocycles. The van der Waals surface area contributed by atoms with Crippen LogP contribution >= 0.6 is 0 Å². The Morgan fingerprint density at radius 1 is 1.05 bits per heavy atom. The number of hydrogen-bond acceptors (Lipinski definition) is 3. The Balaban J connectivity index is 2.27. The van der Waals surface area contributed by atoms with Gasteiger partial charge in [0, 0.05) is 5.39 Å². The average molecular weight is 255 g/mol. The van der Waals surface area contributed by atoms with Gasteiger partial charge in [-0.05, 0) is 29.8 Å². The first kappa shape index (κ1) is 11.5. The Morgan fingerprint density at radius 3 is 2.63 bits per heavy atom. The first-order valence-corrected chi connectivity index (χ1v) is 5.73. The summed E-state index contributed by atoms with van der Waals surface area (Å²) in [6.07, 6.45) is 0. The van der Waals surface area contributed by atoms with Gasteiger partial charge in [0.1, 0.15) is 11.4 Å². The van der Waals surface area contributed by atoms with Gasteiger partial charge in [-0.25, -0.2) is 9.18 Å². The van der Waals surface area contributed by atoms with Crippen molar-refractivity contribution < 1.29 is 8.81 Å². The molecule has 2 aromatic carbocycles. The molecule has 0 aliphatic rings. The molecule has 0 amide bonds. The topological polar surface area (TPSA) is 56.2 Å². The van der Waals surface area contributed by atoms with Crippen LogP contribution in [0.25, 0.3) is 22.1 Å². The third-order valence-corrected chi connectivity index (χ3v) is 2.95. The number of hydrogen-bond donors (Lipinski definition) is 1. The molecule has 0 saturated carbocycles. The van der Waals surface area contributed by atoms with Gasteiger partial charge in [-0.15, -0.1) is 0 Å². The first-order valence-electron chi connectivity index (χ1n) is 5.73. The lowest BCUT2D eigenvalue weighted by Gasteiger charge is -2.04. The van der Waals surface area contributed by atoms with E-state index < -0.39 is 11.4 Å². The van der Waals surface area contributed by atoms with Gasteiger partial charge < -0.3 is 10.2 Å². The van der Waals surface area contributed by atoms with E-state index in [0.29, 0.717) is 16.7 Å². The van der Waals surface area contributed by atoms with Gasteiger partial charge in [0.2, 0.25) is 0 Å². The Labute approximate surface area is 108 Å². The summed E-state index contributed by atoms with van der Waals surface area (Å²) in [5, 5.41) is 0.806. The lowest BCUT2D eigenvalue weighted by atomic mass is 10.1. The summed E-state index contributed by atoms with van der Waals surface area (Å²) in [7, 11) is 0. The Kier molecular flexibility index (Phi) is 2.56. The Morgan fingerprint density at radius 2 is 1.84 bits per heavy atom. The molecule has 0 bridgehead atoms. The van der Waals surface area contributed by atoms with Crippen molar-refractivity contribution in [2.45, 2.75) is 0 Å². The van der Waals surface area contributed by atoms with Crippen LogP contribution in [0.3, 0.4) is 0 Å². The van der Waals surface area contributed by atoms with E-state index in [0.717, 1.165) is 5.39 Å². The van der Waals surface area contributed by atoms with E-state index in [9.17, 15) is 9.18 Å². The Hall–Kier alpha value is -2.62.